The molecule has 9 nitrogen and oxygen atoms in total. The minimum Gasteiger partial charge on any atom is -0.475 e. The predicted octanol–water partition coefficient (Wildman–Crippen LogP) is 2.16. The van der Waals surface area contributed by atoms with Gasteiger partial charge in [-0.1, -0.05) is 42.1 Å². The molecule has 0 saturated carbocycles. The number of benzene rings is 1. The van der Waals surface area contributed by atoms with Gasteiger partial charge in [0.05, 0.1) is 31.5 Å². The minimum atomic E-state index is -5.08. The summed E-state index contributed by atoms with van der Waals surface area (Å²) in [5, 5.41) is 7.82. The number of nitrogens with zero attached hydrogens (tertiary/aromatic N) is 3. The van der Waals surface area contributed by atoms with Crippen molar-refractivity contribution < 1.29 is 42.2 Å². The van der Waals surface area contributed by atoms with Crippen molar-refractivity contribution in [3.63, 3.8) is 0 Å². The fourth-order valence-corrected chi connectivity index (χ4v) is 5.87. The number of esters is 1. The summed E-state index contributed by atoms with van der Waals surface area (Å²) in [6.45, 7) is 4.20. The molecule has 35 heavy (non-hydrogen) atoms. The molecule has 3 aliphatic heterocycles. The van der Waals surface area contributed by atoms with Crippen molar-refractivity contribution in [2.75, 3.05) is 20.2 Å². The fraction of sp³-hybridized carbons (Fsp3) is 0.500. The minimum absolute atomic E-state index is 0.204. The number of carboxylic acids is 1. The number of hydrogen-bond donors (Lipinski definition) is 1. The van der Waals surface area contributed by atoms with E-state index in [9.17, 15) is 27.6 Å². The number of carbonyl (C=O) groups is 4. The van der Waals surface area contributed by atoms with E-state index in [-0.39, 0.29) is 17.9 Å². The summed E-state index contributed by atoms with van der Waals surface area (Å²) >= 11 is 1.52. The Hall–Kier alpha value is -3.09. The lowest BCUT2D eigenvalue weighted by Crippen LogP contribution is -2.57. The Morgan fingerprint density at radius 1 is 1.23 bits per heavy atom. The van der Waals surface area contributed by atoms with E-state index in [1.54, 1.807) is 13.8 Å². The summed E-state index contributed by atoms with van der Waals surface area (Å²) in [5.41, 5.74) is -0.0955. The van der Waals surface area contributed by atoms with Gasteiger partial charge in [-0.2, -0.15) is 13.2 Å². The molecule has 0 aromatic heterocycles. The van der Waals surface area contributed by atoms with Crippen molar-refractivity contribution in [3.8, 4) is 0 Å². The molecule has 1 aromatic rings. The van der Waals surface area contributed by atoms with Gasteiger partial charge >= 0.3 is 18.1 Å². The Bertz CT molecular complexity index is 1050. The SMILES string of the molecule is CCN1C(=O)[C@H]2[C@H]3CN=C(SCc4ccccc4)N3[C@@](C)(C(=O)OC)[C@H]2C1=O.O=C(O)C(F)(F)F. The summed E-state index contributed by atoms with van der Waals surface area (Å²) in [6.07, 6.45) is -5.08. The maximum atomic E-state index is 13.0. The van der Waals surface area contributed by atoms with Gasteiger partial charge in [0.15, 0.2) is 5.17 Å². The number of aliphatic carboxylic acids is 1. The number of rotatable bonds is 4. The number of amides is 2. The molecule has 0 spiro atoms. The number of halogens is 3. The van der Waals surface area contributed by atoms with E-state index < -0.39 is 35.5 Å². The molecule has 0 aliphatic carbocycles. The molecular formula is C22H24F3N3O6S. The van der Waals surface area contributed by atoms with E-state index in [1.165, 1.54) is 23.8 Å². The van der Waals surface area contributed by atoms with Gasteiger partial charge < -0.3 is 14.7 Å². The van der Waals surface area contributed by atoms with Crippen LogP contribution in [-0.2, 0) is 29.7 Å². The number of thioether (sulfide) groups is 1. The van der Waals surface area contributed by atoms with E-state index in [2.05, 4.69) is 4.99 Å². The summed E-state index contributed by atoms with van der Waals surface area (Å²) in [5.74, 6) is -4.35. The number of imide groups is 1. The molecule has 1 N–H and O–H groups in total. The quantitative estimate of drug-likeness (QED) is 0.479. The molecule has 0 radical (unpaired) electrons. The van der Waals surface area contributed by atoms with Gasteiger partial charge in [0.25, 0.3) is 0 Å². The van der Waals surface area contributed by atoms with Gasteiger partial charge in [-0.05, 0) is 19.4 Å². The number of alkyl halides is 3. The third-order valence-electron chi connectivity index (χ3n) is 6.28. The average molecular weight is 516 g/mol. The first-order valence-corrected chi connectivity index (χ1v) is 11.6. The number of carboxylic acid groups (broad SMARTS) is 1. The number of likely N-dealkylation sites (tertiary alicyclic amines) is 1. The standard InChI is InChI=1S/C20H23N3O4S.C2HF3O2/c1-4-22-16(24)14-13-10-21-19(28-11-12-8-6-5-7-9-12)23(13)20(2,18(26)27-3)15(14)17(22)25;3-2(4,5)1(6)7/h5-9,13-15H,4,10-11H2,1-3H3;(H,6,7)/t13-,14+,15-,20-;/m1./s1. The van der Waals surface area contributed by atoms with E-state index in [4.69, 9.17) is 14.6 Å². The number of carbonyl (C=O) groups excluding carboxylic acids is 3. The normalized spacial score (nSPS) is 27.1. The molecule has 2 saturated heterocycles. The maximum absolute atomic E-state index is 13.0. The second-order valence-corrected chi connectivity index (χ2v) is 9.14. The second kappa shape index (κ2) is 9.88. The first kappa shape index (κ1) is 26.5. The molecule has 3 aliphatic rings. The highest BCUT2D eigenvalue weighted by Crippen LogP contribution is 2.52. The first-order valence-electron chi connectivity index (χ1n) is 10.6. The Labute approximate surface area is 203 Å². The Morgan fingerprint density at radius 2 is 1.83 bits per heavy atom. The van der Waals surface area contributed by atoms with Crippen molar-refractivity contribution in [1.82, 2.24) is 9.80 Å². The Morgan fingerprint density at radius 3 is 2.34 bits per heavy atom. The number of amidine groups is 1. The van der Waals surface area contributed by atoms with Crippen LogP contribution in [-0.4, -0.2) is 81.8 Å². The number of methoxy groups -OCH3 is 1. The Balaban J connectivity index is 0.000000429. The highest BCUT2D eigenvalue weighted by Gasteiger charge is 2.71. The number of fused-ring (bicyclic) bond motifs is 3. The molecule has 2 amide bonds. The number of hydrogen-bond acceptors (Lipinski definition) is 8. The van der Waals surface area contributed by atoms with Crippen molar-refractivity contribution in [2.24, 2.45) is 16.8 Å². The molecule has 4 rings (SSSR count). The summed E-state index contributed by atoms with van der Waals surface area (Å²) < 4.78 is 36.8. The van der Waals surface area contributed by atoms with Gasteiger partial charge in [0.2, 0.25) is 11.8 Å². The van der Waals surface area contributed by atoms with Gasteiger partial charge in [-0.15, -0.1) is 0 Å². The molecule has 3 heterocycles. The summed E-state index contributed by atoms with van der Waals surface area (Å²) in [7, 11) is 1.32. The molecule has 0 unspecified atom stereocenters. The topological polar surface area (TPSA) is 117 Å². The van der Waals surface area contributed by atoms with Crippen LogP contribution in [0.15, 0.2) is 35.3 Å². The lowest BCUT2D eigenvalue weighted by molar-refractivity contribution is -0.192. The maximum Gasteiger partial charge on any atom is 0.490 e. The zero-order chi connectivity index (χ0) is 26.1. The molecule has 2 fully saturated rings. The Kier molecular flexibility index (Phi) is 7.48. The molecule has 13 heteroatoms. The van der Waals surface area contributed by atoms with Crippen LogP contribution in [0.25, 0.3) is 0 Å². The van der Waals surface area contributed by atoms with Gasteiger partial charge in [-0.25, -0.2) is 9.59 Å². The fourth-order valence-electron chi connectivity index (χ4n) is 4.75. The number of ether oxygens (including phenoxy) is 1. The summed E-state index contributed by atoms with van der Waals surface area (Å²) in [4.78, 5) is 55.5. The average Bonchev–Trinajstić information content (AvgIpc) is 3.43. The largest absolute Gasteiger partial charge is 0.490 e. The van der Waals surface area contributed by atoms with Crippen LogP contribution in [0, 0.1) is 11.8 Å². The van der Waals surface area contributed by atoms with Crippen molar-refractivity contribution in [2.45, 2.75) is 37.4 Å². The van der Waals surface area contributed by atoms with Crippen molar-refractivity contribution in [3.05, 3.63) is 35.9 Å². The monoisotopic (exact) mass is 515 g/mol. The molecular weight excluding hydrogens is 491 g/mol. The van der Waals surface area contributed by atoms with E-state index in [0.29, 0.717) is 24.0 Å². The lowest BCUT2D eigenvalue weighted by Gasteiger charge is -2.37. The van der Waals surface area contributed by atoms with Crippen molar-refractivity contribution in [1.29, 1.82) is 0 Å². The highest BCUT2D eigenvalue weighted by atomic mass is 32.2. The zero-order valence-corrected chi connectivity index (χ0v) is 19.9. The van der Waals surface area contributed by atoms with Crippen molar-refractivity contribution >= 4 is 40.7 Å². The first-order chi connectivity index (χ1) is 16.4. The molecule has 0 bridgehead atoms. The van der Waals surface area contributed by atoms with E-state index >= 15 is 0 Å². The zero-order valence-electron chi connectivity index (χ0n) is 19.1. The van der Waals surface area contributed by atoms with Gasteiger partial charge in [0, 0.05) is 12.3 Å². The van der Waals surface area contributed by atoms with Crippen LogP contribution in [0.5, 0.6) is 0 Å². The lowest BCUT2D eigenvalue weighted by atomic mass is 9.81. The van der Waals surface area contributed by atoms with Gasteiger partial charge in [-0.3, -0.25) is 19.5 Å². The van der Waals surface area contributed by atoms with Crippen LogP contribution < -0.4 is 0 Å². The second-order valence-electron chi connectivity index (χ2n) is 8.20. The van der Waals surface area contributed by atoms with Gasteiger partial charge in [0.1, 0.15) is 5.54 Å². The third kappa shape index (κ3) is 4.60. The smallest absolute Gasteiger partial charge is 0.475 e. The van der Waals surface area contributed by atoms with Crippen LogP contribution in [0.3, 0.4) is 0 Å². The van der Waals surface area contributed by atoms with E-state index in [1.807, 2.05) is 35.2 Å². The van der Waals surface area contributed by atoms with E-state index in [0.717, 1.165) is 5.56 Å². The molecule has 1 aromatic carbocycles. The highest BCUT2D eigenvalue weighted by molar-refractivity contribution is 8.13. The van der Waals surface area contributed by atoms with Crippen LogP contribution >= 0.6 is 11.8 Å². The summed E-state index contributed by atoms with van der Waals surface area (Å²) in [6, 6.07) is 9.69. The molecule has 4 atom stereocenters. The third-order valence-corrected chi connectivity index (χ3v) is 7.34. The van der Waals surface area contributed by atoms with Crippen LogP contribution in [0.1, 0.15) is 19.4 Å². The number of aliphatic imine (C=N–C) groups is 1. The van der Waals surface area contributed by atoms with Crippen LogP contribution in [0.4, 0.5) is 13.2 Å². The molecule has 190 valence electrons. The predicted molar refractivity (Wildman–Crippen MR) is 119 cm³/mol. The van der Waals surface area contributed by atoms with Crippen LogP contribution in [0.2, 0.25) is 0 Å².